The molecule has 14 heteroatoms. The number of nitroso groups, excluding NO2 is 1. The van der Waals surface area contributed by atoms with Gasteiger partial charge in [-0.1, -0.05) is 21.7 Å². The van der Waals surface area contributed by atoms with Gasteiger partial charge in [-0.05, 0) is 0 Å². The number of ether oxygens (including phenoxy) is 1. The molecule has 0 aromatic carbocycles. The number of hydrogen-bond donors (Lipinski definition) is 3. The van der Waals surface area contributed by atoms with Crippen molar-refractivity contribution in [3.05, 3.63) is 19.5 Å². The number of nitrogens with one attached hydrogen (secondary N) is 1. The van der Waals surface area contributed by atoms with Crippen molar-refractivity contribution in [2.45, 2.75) is 18.0 Å². The molecule has 0 saturated carbocycles. The summed E-state index contributed by atoms with van der Waals surface area (Å²) in [6.45, 7) is -0.0187. The van der Waals surface area contributed by atoms with Crippen LogP contribution in [0.2, 0.25) is 0 Å². The summed E-state index contributed by atoms with van der Waals surface area (Å²) in [4.78, 5) is 34.6. The molecule has 3 atom stereocenters. The van der Waals surface area contributed by atoms with Crippen LogP contribution < -0.4 is 21.9 Å². The van der Waals surface area contributed by atoms with Crippen molar-refractivity contribution in [1.29, 1.82) is 0 Å². The van der Waals surface area contributed by atoms with Gasteiger partial charge in [-0.2, -0.15) is 4.91 Å². The van der Waals surface area contributed by atoms with E-state index in [9.17, 15) is 14.5 Å². The Morgan fingerprint density at radius 3 is 2.91 bits per heavy atom. The lowest BCUT2D eigenvalue weighted by Gasteiger charge is -2.30. The van der Waals surface area contributed by atoms with Gasteiger partial charge >= 0.3 is 4.87 Å². The number of thioether (sulfide) groups is 1. The maximum Gasteiger partial charge on any atom is 0.311 e. The van der Waals surface area contributed by atoms with E-state index in [1.54, 1.807) is 0 Å². The van der Waals surface area contributed by atoms with E-state index in [0.717, 1.165) is 16.3 Å². The summed E-state index contributed by atoms with van der Waals surface area (Å²) in [5.74, 6) is 10.7. The van der Waals surface area contributed by atoms with Gasteiger partial charge in [-0.25, -0.2) is 10.9 Å². The fraction of sp³-hybridized carbons (Fsp3) is 0.556. The molecular weight excluding hydrogens is 348 g/mol. The molecule has 1 saturated heterocycles. The Balaban J connectivity index is 1.96. The second kappa shape index (κ2) is 6.23. The predicted molar refractivity (Wildman–Crippen MR) is 82.4 cm³/mol. The van der Waals surface area contributed by atoms with Crippen LogP contribution >= 0.6 is 23.1 Å². The molecule has 5 N–H and O–H groups in total. The van der Waals surface area contributed by atoms with Crippen LogP contribution in [-0.4, -0.2) is 39.5 Å². The van der Waals surface area contributed by atoms with Crippen molar-refractivity contribution in [2.75, 3.05) is 17.6 Å². The molecule has 3 unspecified atom stereocenters. The minimum Gasteiger partial charge on any atom is -0.341 e. The van der Waals surface area contributed by atoms with Gasteiger partial charge in [0.1, 0.15) is 28.9 Å². The van der Waals surface area contributed by atoms with Crippen molar-refractivity contribution in [2.24, 2.45) is 27.2 Å². The highest BCUT2D eigenvalue weighted by Gasteiger charge is 2.38. The van der Waals surface area contributed by atoms with Crippen molar-refractivity contribution in [3.8, 4) is 0 Å². The van der Waals surface area contributed by atoms with Gasteiger partial charge in [0.15, 0.2) is 0 Å². The third-order valence-electron chi connectivity index (χ3n) is 3.22. The highest BCUT2D eigenvalue weighted by atomic mass is 32.2. The number of hydrazine groups is 1. The van der Waals surface area contributed by atoms with Crippen LogP contribution in [0.5, 0.6) is 0 Å². The van der Waals surface area contributed by atoms with Gasteiger partial charge in [0.2, 0.25) is 6.29 Å². The average Bonchev–Trinajstić information content (AvgIpc) is 3.09. The number of fused-ring (bicyclic) bond motifs is 1. The maximum atomic E-state index is 12.3. The van der Waals surface area contributed by atoms with Gasteiger partial charge in [-0.3, -0.25) is 14.2 Å². The van der Waals surface area contributed by atoms with Crippen LogP contribution in [0.15, 0.2) is 20.3 Å². The molecule has 1 amide bonds. The van der Waals surface area contributed by atoms with Crippen LogP contribution in [-0.2, 0) is 4.74 Å². The number of amides is 1. The summed E-state index contributed by atoms with van der Waals surface area (Å²) in [5, 5.41) is 13.1. The monoisotopic (exact) mass is 360 g/mol. The number of nitrogens with two attached hydrogens (primary N) is 2. The number of thiazole rings is 1. The Morgan fingerprint density at radius 2 is 2.22 bits per heavy atom. The topological polar surface area (TPSA) is 170 Å². The molecule has 3 rings (SSSR count). The smallest absolute Gasteiger partial charge is 0.311 e. The molecule has 2 aliphatic rings. The molecular formula is C9H12N8O4S2. The van der Waals surface area contributed by atoms with Crippen molar-refractivity contribution < 1.29 is 9.53 Å². The zero-order valence-corrected chi connectivity index (χ0v) is 13.1. The van der Waals surface area contributed by atoms with Crippen LogP contribution in [0.3, 0.4) is 0 Å². The molecule has 1 fully saturated rings. The number of carbonyl (C=O) groups is 1. The van der Waals surface area contributed by atoms with E-state index in [2.05, 4.69) is 20.8 Å². The molecule has 3 heterocycles. The number of anilines is 1. The van der Waals surface area contributed by atoms with E-state index in [1.807, 2.05) is 0 Å². The lowest BCUT2D eigenvalue weighted by atomic mass is 10.3. The molecule has 0 radical (unpaired) electrons. The van der Waals surface area contributed by atoms with Crippen molar-refractivity contribution >= 4 is 34.8 Å². The molecule has 0 aliphatic carbocycles. The van der Waals surface area contributed by atoms with E-state index < -0.39 is 23.9 Å². The quantitative estimate of drug-likeness (QED) is 0.214. The number of rotatable bonds is 4. The van der Waals surface area contributed by atoms with E-state index >= 15 is 0 Å². The molecule has 1 aromatic rings. The Kier molecular flexibility index (Phi) is 4.29. The van der Waals surface area contributed by atoms with E-state index in [4.69, 9.17) is 16.4 Å². The molecule has 2 aliphatic heterocycles. The number of hydrogen-bond acceptors (Lipinski definition) is 11. The van der Waals surface area contributed by atoms with Gasteiger partial charge in [0.05, 0.1) is 0 Å². The summed E-state index contributed by atoms with van der Waals surface area (Å²) in [7, 11) is 0. The Morgan fingerprint density at radius 1 is 1.43 bits per heavy atom. The molecule has 12 nitrogen and oxygen atoms in total. The fourth-order valence-corrected chi connectivity index (χ4v) is 4.14. The molecule has 23 heavy (non-hydrogen) atoms. The minimum absolute atomic E-state index is 0.0187. The fourth-order valence-electron chi connectivity index (χ4n) is 2.23. The van der Waals surface area contributed by atoms with Gasteiger partial charge in [0.25, 0.3) is 5.91 Å². The summed E-state index contributed by atoms with van der Waals surface area (Å²) >= 11 is 2.11. The Labute approximate surface area is 136 Å². The van der Waals surface area contributed by atoms with Crippen LogP contribution in [0, 0.1) is 4.91 Å². The Hall–Kier alpha value is -2.03. The summed E-state index contributed by atoms with van der Waals surface area (Å²) < 4.78 is 6.92. The third-order valence-corrected chi connectivity index (χ3v) is 5.27. The van der Waals surface area contributed by atoms with Crippen molar-refractivity contribution in [3.63, 3.8) is 0 Å². The first-order valence-electron chi connectivity index (χ1n) is 6.33. The van der Waals surface area contributed by atoms with Crippen LogP contribution in [0.4, 0.5) is 5.82 Å². The van der Waals surface area contributed by atoms with E-state index in [1.165, 1.54) is 16.3 Å². The van der Waals surface area contributed by atoms with Crippen molar-refractivity contribution in [1.82, 2.24) is 9.58 Å². The summed E-state index contributed by atoms with van der Waals surface area (Å²) in [5.41, 5.74) is -0.426. The zero-order valence-electron chi connectivity index (χ0n) is 11.5. The lowest BCUT2D eigenvalue weighted by molar-refractivity contribution is 0.0224. The number of nitrogens with zero attached hydrogens (tertiary/aromatic N) is 5. The summed E-state index contributed by atoms with van der Waals surface area (Å²) in [6.07, 6.45) is -1.65. The largest absolute Gasteiger partial charge is 0.341 e. The first-order chi connectivity index (χ1) is 11.1. The second-order valence-corrected chi connectivity index (χ2v) is 6.70. The standard InChI is InChI=1S/C9H12N8O4S2/c10-15-14-8-13-6-5(7(18)17(8)11)23-9(19)16(6)3-2-22-4(21-3)1-12-20/h3-4,8,13H,1-2,11H2,(H2,10,14). The van der Waals surface area contributed by atoms with Crippen LogP contribution in [0.25, 0.3) is 0 Å². The molecule has 1 aromatic heterocycles. The molecule has 0 spiro atoms. The first kappa shape index (κ1) is 15.9. The Bertz CT molecular complexity index is 717. The van der Waals surface area contributed by atoms with E-state index in [0.29, 0.717) is 5.75 Å². The first-order valence-corrected chi connectivity index (χ1v) is 8.19. The SMILES string of the molecule is NN=NC1Nc2c(sc(=O)n2C2CSC(CN=O)O2)C(=O)N1N. The van der Waals surface area contributed by atoms with Crippen LogP contribution in [0.1, 0.15) is 15.9 Å². The number of carbonyl (C=O) groups excluding carboxylic acids is 1. The second-order valence-electron chi connectivity index (χ2n) is 4.54. The van der Waals surface area contributed by atoms with Gasteiger partial charge in [0, 0.05) is 5.75 Å². The summed E-state index contributed by atoms with van der Waals surface area (Å²) in [6, 6.07) is 0. The van der Waals surface area contributed by atoms with Gasteiger partial charge in [-0.15, -0.1) is 16.9 Å². The highest BCUT2D eigenvalue weighted by molar-refractivity contribution is 8.00. The molecule has 124 valence electrons. The maximum absolute atomic E-state index is 12.3. The highest BCUT2D eigenvalue weighted by Crippen LogP contribution is 2.36. The van der Waals surface area contributed by atoms with Gasteiger partial charge < -0.3 is 15.9 Å². The zero-order chi connectivity index (χ0) is 16.6. The average molecular weight is 360 g/mol. The normalized spacial score (nSPS) is 27.3. The predicted octanol–water partition coefficient (Wildman–Crippen LogP) is -0.385. The minimum atomic E-state index is -1.03. The van der Waals surface area contributed by atoms with E-state index in [-0.39, 0.29) is 22.1 Å². The lowest BCUT2D eigenvalue weighted by Crippen LogP contribution is -2.52. The number of aromatic nitrogens is 1. The third kappa shape index (κ3) is 2.69. The molecule has 0 bridgehead atoms.